The van der Waals surface area contributed by atoms with Crippen molar-refractivity contribution in [2.75, 3.05) is 52.9 Å². The molecule has 0 rings (SSSR count). The normalized spacial score (nSPS) is 11.9. The molecule has 0 fully saturated rings. The van der Waals surface area contributed by atoms with Gasteiger partial charge in [0.05, 0.1) is 49.7 Å². The van der Waals surface area contributed by atoms with Crippen molar-refractivity contribution in [1.29, 1.82) is 0 Å². The fraction of sp³-hybridized carbons (Fsp3) is 0.533. The highest BCUT2D eigenvalue weighted by molar-refractivity contribution is 5.82. The summed E-state index contributed by atoms with van der Waals surface area (Å²) in [6, 6.07) is 0. The topological polar surface area (TPSA) is 242 Å². The summed E-state index contributed by atoms with van der Waals surface area (Å²) in [7, 11) is 0. The van der Waals surface area contributed by atoms with E-state index in [0.29, 0.717) is 0 Å². The fourth-order valence-electron chi connectivity index (χ4n) is 3.20. The van der Waals surface area contributed by atoms with Crippen LogP contribution in [-0.2, 0) is 71.5 Å². The van der Waals surface area contributed by atoms with Crippen molar-refractivity contribution in [2.24, 2.45) is 10.8 Å². The summed E-state index contributed by atoms with van der Waals surface area (Å²) >= 11 is 0. The Morgan fingerprint density at radius 3 is 1.06 bits per heavy atom. The van der Waals surface area contributed by atoms with Crippen LogP contribution in [0.2, 0.25) is 0 Å². The van der Waals surface area contributed by atoms with Gasteiger partial charge in [-0.3, -0.25) is 24.0 Å². The Bertz CT molecular complexity index is 1130. The molecule has 0 radical (unpaired) electrons. The molecule has 0 saturated heterocycles. The third-order valence-corrected chi connectivity index (χ3v) is 5.87. The van der Waals surface area contributed by atoms with Gasteiger partial charge in [-0.2, -0.15) is 0 Å². The average molecular weight is 673 g/mol. The predicted molar refractivity (Wildman–Crippen MR) is 156 cm³/mol. The van der Waals surface area contributed by atoms with E-state index in [1.54, 1.807) is 0 Å². The smallest absolute Gasteiger partial charge is 0.330 e. The summed E-state index contributed by atoms with van der Waals surface area (Å²) < 4.78 is 37.0. The van der Waals surface area contributed by atoms with Crippen molar-refractivity contribution in [3.8, 4) is 0 Å². The van der Waals surface area contributed by atoms with Crippen molar-refractivity contribution in [3.05, 3.63) is 38.0 Å². The summed E-state index contributed by atoms with van der Waals surface area (Å²) in [5.74, 6) is -7.82. The van der Waals surface area contributed by atoms with Crippen LogP contribution in [0.3, 0.4) is 0 Å². The maximum atomic E-state index is 12.3. The second-order valence-electron chi connectivity index (χ2n) is 10.1. The molecule has 17 heteroatoms. The van der Waals surface area contributed by atoms with Crippen LogP contribution in [-0.4, -0.2) is 111 Å². The molecule has 0 heterocycles. The highest BCUT2D eigenvalue weighted by atomic mass is 16.6. The molecule has 0 amide bonds. The lowest BCUT2D eigenvalue weighted by Crippen LogP contribution is -2.47. The van der Waals surface area contributed by atoms with Crippen LogP contribution in [0.25, 0.3) is 0 Å². The largest absolute Gasteiger partial charge is 0.481 e. The first-order chi connectivity index (χ1) is 22.1. The monoisotopic (exact) mass is 672 g/mol. The molecule has 0 aromatic rings. The van der Waals surface area contributed by atoms with E-state index in [9.17, 15) is 38.4 Å². The van der Waals surface area contributed by atoms with Gasteiger partial charge in [0.15, 0.2) is 0 Å². The number of aliphatic carboxylic acids is 2. The van der Waals surface area contributed by atoms with Crippen LogP contribution in [0.5, 0.6) is 0 Å². The quantitative estimate of drug-likeness (QED) is 0.0737. The lowest BCUT2D eigenvalue weighted by Gasteiger charge is -2.35. The zero-order chi connectivity index (χ0) is 35.9. The van der Waals surface area contributed by atoms with E-state index in [1.807, 2.05) is 0 Å². The number of carbonyl (C=O) groups is 8. The van der Waals surface area contributed by atoms with Gasteiger partial charge < -0.3 is 43.4 Å². The maximum absolute atomic E-state index is 12.3. The molecular weight excluding hydrogens is 632 g/mol. The Balaban J connectivity index is 6.43. The molecule has 262 valence electrons. The minimum absolute atomic E-state index is 0.0541. The van der Waals surface area contributed by atoms with E-state index < -0.39 is 137 Å². The standard InChI is InChI=1S/C30H40O17/c1-5-23(35)42-15-29(16-43-24(36)6-2,19-46-27(39)11-9-21(31)32)13-41-14-30(17-44-25(37)7-3,18-45-26(38)8-4)20-47-28(40)12-10-22(33)34/h5-7H,1-3,8-20H2,4H3,(H,31,32)(H,33,34). The first kappa shape index (κ1) is 41.9. The first-order valence-electron chi connectivity index (χ1n) is 14.0. The molecule has 0 bridgehead atoms. The van der Waals surface area contributed by atoms with E-state index in [2.05, 4.69) is 19.7 Å². The molecule has 17 nitrogen and oxygen atoms in total. The summed E-state index contributed by atoms with van der Waals surface area (Å²) in [4.78, 5) is 94.1. The van der Waals surface area contributed by atoms with Crippen LogP contribution in [0.15, 0.2) is 38.0 Å². The Morgan fingerprint density at radius 1 is 0.489 bits per heavy atom. The third kappa shape index (κ3) is 19.1. The van der Waals surface area contributed by atoms with Crippen molar-refractivity contribution in [2.45, 2.75) is 39.0 Å². The molecule has 0 aromatic heterocycles. The summed E-state index contributed by atoms with van der Waals surface area (Å²) in [5, 5.41) is 17.7. The molecule has 1 atom stereocenters. The summed E-state index contributed by atoms with van der Waals surface area (Å²) in [6.45, 7) is 6.77. The Hall–Kier alpha value is -5.06. The van der Waals surface area contributed by atoms with Gasteiger partial charge in [0, 0.05) is 24.6 Å². The molecule has 0 aliphatic carbocycles. The van der Waals surface area contributed by atoms with E-state index in [1.165, 1.54) is 6.92 Å². The molecule has 1 unspecified atom stereocenters. The van der Waals surface area contributed by atoms with Gasteiger partial charge in [0.1, 0.15) is 39.6 Å². The van der Waals surface area contributed by atoms with E-state index in [0.717, 1.165) is 18.2 Å². The molecule has 2 N–H and O–H groups in total. The fourth-order valence-corrected chi connectivity index (χ4v) is 3.20. The van der Waals surface area contributed by atoms with Gasteiger partial charge in [0.25, 0.3) is 0 Å². The third-order valence-electron chi connectivity index (χ3n) is 5.87. The second-order valence-corrected chi connectivity index (χ2v) is 10.1. The van der Waals surface area contributed by atoms with Crippen molar-refractivity contribution >= 4 is 47.8 Å². The van der Waals surface area contributed by atoms with E-state index in [-0.39, 0.29) is 6.42 Å². The van der Waals surface area contributed by atoms with Gasteiger partial charge in [-0.25, -0.2) is 14.4 Å². The molecular formula is C30H40O17. The second kappa shape index (κ2) is 22.4. The number of esters is 6. The number of ether oxygens (including phenoxy) is 7. The Kier molecular flexibility index (Phi) is 20.0. The molecule has 0 spiro atoms. The zero-order valence-electron chi connectivity index (χ0n) is 26.1. The SMILES string of the molecule is C=CC(=O)OCC(COCC(COC(=O)C=C)(COC(=O)CC)COC(=O)CCC(=O)O)(COC(=O)C=C)COC(=O)CCC(=O)O. The number of carboxylic acid groups (broad SMARTS) is 2. The molecule has 0 aliphatic heterocycles. The summed E-state index contributed by atoms with van der Waals surface area (Å²) in [5.41, 5.74) is -3.25. The van der Waals surface area contributed by atoms with E-state index in [4.69, 9.17) is 43.4 Å². The average Bonchev–Trinajstić information content (AvgIpc) is 3.06. The molecule has 0 saturated carbocycles. The van der Waals surface area contributed by atoms with Crippen LogP contribution in [0.4, 0.5) is 0 Å². The lowest BCUT2D eigenvalue weighted by atomic mass is 9.90. The van der Waals surface area contributed by atoms with Gasteiger partial charge in [-0.05, 0) is 0 Å². The summed E-state index contributed by atoms with van der Waals surface area (Å²) in [6.07, 6.45) is 0.341. The van der Waals surface area contributed by atoms with Gasteiger partial charge in [-0.1, -0.05) is 26.7 Å². The number of rotatable bonds is 26. The van der Waals surface area contributed by atoms with Crippen molar-refractivity contribution in [3.63, 3.8) is 0 Å². The van der Waals surface area contributed by atoms with Crippen LogP contribution >= 0.6 is 0 Å². The van der Waals surface area contributed by atoms with Gasteiger partial charge in [0.2, 0.25) is 0 Å². The first-order valence-corrected chi connectivity index (χ1v) is 14.0. The highest BCUT2D eigenvalue weighted by Gasteiger charge is 2.40. The number of carboxylic acids is 2. The zero-order valence-corrected chi connectivity index (χ0v) is 26.1. The minimum Gasteiger partial charge on any atom is -0.481 e. The molecule has 0 aromatic carbocycles. The van der Waals surface area contributed by atoms with Crippen molar-refractivity contribution < 1.29 is 81.7 Å². The van der Waals surface area contributed by atoms with Crippen LogP contribution in [0, 0.1) is 10.8 Å². The maximum Gasteiger partial charge on any atom is 0.330 e. The predicted octanol–water partition coefficient (Wildman–Crippen LogP) is 0.933. The highest BCUT2D eigenvalue weighted by Crippen LogP contribution is 2.26. The minimum atomic E-state index is -1.64. The van der Waals surface area contributed by atoms with Crippen LogP contribution < -0.4 is 0 Å². The van der Waals surface area contributed by atoms with Gasteiger partial charge in [-0.15, -0.1) is 0 Å². The number of carbonyl (C=O) groups excluding carboxylic acids is 6. The van der Waals surface area contributed by atoms with Crippen molar-refractivity contribution in [1.82, 2.24) is 0 Å². The molecule has 0 aliphatic rings. The van der Waals surface area contributed by atoms with Crippen LogP contribution in [0.1, 0.15) is 39.0 Å². The molecule has 47 heavy (non-hydrogen) atoms. The lowest BCUT2D eigenvalue weighted by molar-refractivity contribution is -0.173. The number of hydrogen-bond acceptors (Lipinski definition) is 15. The van der Waals surface area contributed by atoms with E-state index >= 15 is 0 Å². The Morgan fingerprint density at radius 2 is 0.787 bits per heavy atom. The Labute approximate surface area is 270 Å². The number of hydrogen-bond donors (Lipinski definition) is 2. The van der Waals surface area contributed by atoms with Gasteiger partial charge >= 0.3 is 47.8 Å².